The van der Waals surface area contributed by atoms with Crippen LogP contribution in [0.1, 0.15) is 41.9 Å². The number of aryl methyl sites for hydroxylation is 1. The molecule has 2 aromatic rings. The van der Waals surface area contributed by atoms with Crippen LogP contribution in [0, 0.1) is 12.3 Å². The van der Waals surface area contributed by atoms with Crippen LogP contribution in [0.4, 0.5) is 0 Å². The zero-order valence-electron chi connectivity index (χ0n) is 12.4. The highest BCUT2D eigenvalue weighted by Gasteiger charge is 2.69. The average Bonchev–Trinajstić information content (AvgIpc) is 3.19. The van der Waals surface area contributed by atoms with Gasteiger partial charge in [0.05, 0.1) is 5.41 Å². The van der Waals surface area contributed by atoms with Crippen LogP contribution in [0.3, 0.4) is 0 Å². The van der Waals surface area contributed by atoms with E-state index in [1.54, 1.807) is 0 Å². The van der Waals surface area contributed by atoms with Crippen molar-refractivity contribution in [2.45, 2.75) is 32.1 Å². The maximum atomic E-state index is 12.0. The third kappa shape index (κ3) is 2.06. The molecule has 1 saturated carbocycles. The van der Waals surface area contributed by atoms with E-state index in [1.807, 2.05) is 43.3 Å². The van der Waals surface area contributed by atoms with Gasteiger partial charge in [0.2, 0.25) is 0 Å². The summed E-state index contributed by atoms with van der Waals surface area (Å²) in [6.45, 7) is 4.04. The Morgan fingerprint density at radius 2 is 1.67 bits per heavy atom. The van der Waals surface area contributed by atoms with Gasteiger partial charge in [-0.2, -0.15) is 0 Å². The zero-order chi connectivity index (χ0) is 15.0. The summed E-state index contributed by atoms with van der Waals surface area (Å²) in [5.74, 6) is -0.532. The first kappa shape index (κ1) is 13.9. The number of benzene rings is 2. The van der Waals surface area contributed by atoms with Crippen molar-refractivity contribution in [2.24, 2.45) is 5.41 Å². The molecule has 2 aromatic carbocycles. The summed E-state index contributed by atoms with van der Waals surface area (Å²) in [6, 6.07) is 18.3. The minimum absolute atomic E-state index is 0.0716. The fraction of sp³-hybridized carbons (Fsp3) is 0.316. The van der Waals surface area contributed by atoms with Crippen LogP contribution >= 0.6 is 0 Å². The summed E-state index contributed by atoms with van der Waals surface area (Å²) in [5, 5.41) is 9.84. The van der Waals surface area contributed by atoms with Crippen molar-refractivity contribution in [1.82, 2.24) is 0 Å². The Kier molecular flexibility index (Phi) is 3.32. The minimum Gasteiger partial charge on any atom is -0.481 e. The first-order valence-corrected chi connectivity index (χ1v) is 7.46. The van der Waals surface area contributed by atoms with Gasteiger partial charge in [-0.05, 0) is 24.5 Å². The highest BCUT2D eigenvalue weighted by Crippen LogP contribution is 2.72. The maximum Gasteiger partial charge on any atom is 0.310 e. The molecule has 0 radical (unpaired) electrons. The van der Waals surface area contributed by atoms with Gasteiger partial charge in [-0.3, -0.25) is 4.79 Å². The maximum absolute atomic E-state index is 12.0. The second-order valence-electron chi connectivity index (χ2n) is 5.98. The van der Waals surface area contributed by atoms with Gasteiger partial charge in [0, 0.05) is 11.8 Å². The molecule has 1 aliphatic rings. The molecule has 3 atom stereocenters. The Bertz CT molecular complexity index is 662. The molecule has 2 nitrogen and oxygen atoms in total. The van der Waals surface area contributed by atoms with Gasteiger partial charge in [-0.15, -0.1) is 0 Å². The fourth-order valence-corrected chi connectivity index (χ4v) is 3.80. The van der Waals surface area contributed by atoms with E-state index in [-0.39, 0.29) is 11.8 Å². The summed E-state index contributed by atoms with van der Waals surface area (Å²) in [6.07, 6.45) is 0.653. The van der Waals surface area contributed by atoms with Crippen molar-refractivity contribution in [2.75, 3.05) is 0 Å². The number of rotatable bonds is 4. The quantitative estimate of drug-likeness (QED) is 0.903. The molecule has 2 heteroatoms. The van der Waals surface area contributed by atoms with Crippen molar-refractivity contribution >= 4 is 5.97 Å². The Morgan fingerprint density at radius 3 is 2.24 bits per heavy atom. The predicted molar refractivity (Wildman–Crippen MR) is 83.5 cm³/mol. The molecule has 0 aromatic heterocycles. The van der Waals surface area contributed by atoms with Crippen LogP contribution in [0.2, 0.25) is 0 Å². The molecule has 3 rings (SSSR count). The molecule has 0 heterocycles. The summed E-state index contributed by atoms with van der Waals surface area (Å²) in [7, 11) is 0. The van der Waals surface area contributed by atoms with Crippen LogP contribution in [0.5, 0.6) is 0 Å². The van der Waals surface area contributed by atoms with Gasteiger partial charge in [0.15, 0.2) is 0 Å². The zero-order valence-corrected chi connectivity index (χ0v) is 12.4. The Labute approximate surface area is 125 Å². The lowest BCUT2D eigenvalue weighted by Gasteiger charge is -2.10. The predicted octanol–water partition coefficient (Wildman–Crippen LogP) is 4.36. The molecule has 0 saturated heterocycles. The summed E-state index contributed by atoms with van der Waals surface area (Å²) >= 11 is 0. The minimum atomic E-state index is -0.676. The molecule has 0 bridgehead atoms. The van der Waals surface area contributed by atoms with Crippen LogP contribution in [-0.4, -0.2) is 11.1 Å². The first-order chi connectivity index (χ1) is 10.1. The first-order valence-electron chi connectivity index (χ1n) is 7.46. The van der Waals surface area contributed by atoms with Crippen molar-refractivity contribution in [1.29, 1.82) is 0 Å². The summed E-state index contributed by atoms with van der Waals surface area (Å²) in [5.41, 5.74) is 2.80. The number of carbonyl (C=O) groups is 1. The topological polar surface area (TPSA) is 37.3 Å². The molecular formula is C19H20O2. The van der Waals surface area contributed by atoms with E-state index in [4.69, 9.17) is 0 Å². The number of carboxylic acid groups (broad SMARTS) is 1. The second kappa shape index (κ2) is 5.03. The normalized spacial score (nSPS) is 27.3. The third-order valence-electron chi connectivity index (χ3n) is 4.88. The fourth-order valence-electron chi connectivity index (χ4n) is 3.80. The molecule has 0 aliphatic heterocycles. The Hall–Kier alpha value is -2.09. The van der Waals surface area contributed by atoms with E-state index in [9.17, 15) is 9.90 Å². The van der Waals surface area contributed by atoms with Gasteiger partial charge in [-0.25, -0.2) is 0 Å². The standard InChI is InChI=1S/C19H20O2/c1-3-19(18(20)21)16(14-9-5-4-6-10-14)17(19)15-11-7-8-13(2)12-15/h4-12,16-17H,3H2,1-2H3,(H,20,21)/t16-,17-,19+/m0/s1. The molecule has 0 unspecified atom stereocenters. The van der Waals surface area contributed by atoms with Crippen LogP contribution in [0.15, 0.2) is 54.6 Å². The van der Waals surface area contributed by atoms with E-state index in [0.717, 1.165) is 11.1 Å². The van der Waals surface area contributed by atoms with Gasteiger partial charge >= 0.3 is 5.97 Å². The largest absolute Gasteiger partial charge is 0.481 e. The molecule has 1 fully saturated rings. The summed E-state index contributed by atoms with van der Waals surface area (Å²) < 4.78 is 0. The van der Waals surface area contributed by atoms with Crippen molar-refractivity contribution in [3.63, 3.8) is 0 Å². The molecular weight excluding hydrogens is 260 g/mol. The third-order valence-corrected chi connectivity index (χ3v) is 4.88. The van der Waals surface area contributed by atoms with Crippen LogP contribution < -0.4 is 0 Å². The van der Waals surface area contributed by atoms with E-state index >= 15 is 0 Å². The molecule has 0 spiro atoms. The van der Waals surface area contributed by atoms with Gasteiger partial charge in [0.25, 0.3) is 0 Å². The SMILES string of the molecule is CC[C@@]1(C(=O)O)[C@@H](c2ccccc2)[C@@H]1c1cccc(C)c1. The lowest BCUT2D eigenvalue weighted by atomic mass is 9.94. The van der Waals surface area contributed by atoms with E-state index < -0.39 is 11.4 Å². The van der Waals surface area contributed by atoms with Crippen molar-refractivity contribution < 1.29 is 9.90 Å². The average molecular weight is 280 g/mol. The number of aliphatic carboxylic acids is 1. The highest BCUT2D eigenvalue weighted by molar-refractivity contribution is 5.84. The van der Waals surface area contributed by atoms with Crippen LogP contribution in [0.25, 0.3) is 0 Å². The lowest BCUT2D eigenvalue weighted by Crippen LogP contribution is -2.17. The van der Waals surface area contributed by atoms with E-state index in [2.05, 4.69) is 25.1 Å². The number of hydrogen-bond acceptors (Lipinski definition) is 1. The van der Waals surface area contributed by atoms with Gasteiger partial charge in [0.1, 0.15) is 0 Å². The highest BCUT2D eigenvalue weighted by atomic mass is 16.4. The summed E-state index contributed by atoms with van der Waals surface area (Å²) in [4.78, 5) is 12.0. The number of hydrogen-bond donors (Lipinski definition) is 1. The molecule has 0 amide bonds. The monoisotopic (exact) mass is 280 g/mol. The smallest absolute Gasteiger partial charge is 0.310 e. The molecule has 21 heavy (non-hydrogen) atoms. The van der Waals surface area contributed by atoms with E-state index in [1.165, 1.54) is 5.56 Å². The second-order valence-corrected chi connectivity index (χ2v) is 5.98. The molecule has 1 N–H and O–H groups in total. The van der Waals surface area contributed by atoms with Gasteiger partial charge in [-0.1, -0.05) is 67.1 Å². The van der Waals surface area contributed by atoms with Crippen molar-refractivity contribution in [3.05, 3.63) is 71.3 Å². The Balaban J connectivity index is 2.07. The molecule has 1 aliphatic carbocycles. The lowest BCUT2D eigenvalue weighted by molar-refractivity contribution is -0.143. The molecule has 108 valence electrons. The Morgan fingerprint density at radius 1 is 1.05 bits per heavy atom. The van der Waals surface area contributed by atoms with Crippen LogP contribution in [-0.2, 0) is 4.79 Å². The van der Waals surface area contributed by atoms with Crippen molar-refractivity contribution in [3.8, 4) is 0 Å². The van der Waals surface area contributed by atoms with E-state index in [0.29, 0.717) is 6.42 Å². The number of carboxylic acids is 1. The van der Waals surface area contributed by atoms with Gasteiger partial charge < -0.3 is 5.11 Å².